The number of nitrogens with zero attached hydrogens (tertiary/aromatic N) is 3. The number of nitrogens with one attached hydrogen (secondary N) is 1. The van der Waals surface area contributed by atoms with Gasteiger partial charge in [-0.1, -0.05) is 47.1 Å². The van der Waals surface area contributed by atoms with Gasteiger partial charge in [-0.05, 0) is 31.2 Å². The molecule has 2 amide bonds. The summed E-state index contributed by atoms with van der Waals surface area (Å²) < 4.78 is 10.6. The highest BCUT2D eigenvalue weighted by Crippen LogP contribution is 2.29. The molecule has 2 heterocycles. The Morgan fingerprint density at radius 3 is 2.64 bits per heavy atom. The van der Waals surface area contributed by atoms with Gasteiger partial charge in [-0.3, -0.25) is 9.59 Å². The second-order valence-electron chi connectivity index (χ2n) is 7.42. The Labute approximate surface area is 195 Å². The minimum atomic E-state index is -0.401. The van der Waals surface area contributed by atoms with E-state index < -0.39 is 5.91 Å². The van der Waals surface area contributed by atoms with Crippen LogP contribution < -0.4 is 10.1 Å². The van der Waals surface area contributed by atoms with Gasteiger partial charge in [0.15, 0.2) is 0 Å². The maximum Gasteiger partial charge on any atom is 0.259 e. The number of methoxy groups -OCH3 is 1. The van der Waals surface area contributed by atoms with E-state index in [0.29, 0.717) is 38.8 Å². The Morgan fingerprint density at radius 1 is 1.15 bits per heavy atom. The Bertz CT molecular complexity index is 1340. The SMILES string of the molecule is COc1ccc(Cl)cc1NC(=O)CN(C)C(=O)c1cc(-c2ccccc2)nc2onc(C)c12. The van der Waals surface area contributed by atoms with Crippen LogP contribution >= 0.6 is 11.6 Å². The lowest BCUT2D eigenvalue weighted by Gasteiger charge is -2.18. The van der Waals surface area contributed by atoms with Crippen LogP contribution in [0.5, 0.6) is 5.75 Å². The van der Waals surface area contributed by atoms with E-state index in [1.54, 1.807) is 38.2 Å². The number of amides is 2. The zero-order valence-corrected chi connectivity index (χ0v) is 19.0. The molecule has 0 saturated heterocycles. The predicted molar refractivity (Wildman–Crippen MR) is 126 cm³/mol. The molecule has 0 unspecified atom stereocenters. The Morgan fingerprint density at radius 2 is 1.91 bits per heavy atom. The average molecular weight is 465 g/mol. The third-order valence-electron chi connectivity index (χ3n) is 5.08. The van der Waals surface area contributed by atoms with Crippen molar-refractivity contribution in [2.75, 3.05) is 26.0 Å². The fourth-order valence-electron chi connectivity index (χ4n) is 3.48. The van der Waals surface area contributed by atoms with Gasteiger partial charge in [-0.15, -0.1) is 0 Å². The first-order valence-corrected chi connectivity index (χ1v) is 10.5. The number of halogens is 1. The first kappa shape index (κ1) is 22.3. The number of carbonyl (C=O) groups is 2. The molecule has 2 aromatic carbocycles. The highest BCUT2D eigenvalue weighted by atomic mass is 35.5. The summed E-state index contributed by atoms with van der Waals surface area (Å²) in [7, 11) is 3.04. The molecular formula is C24H21ClN4O4. The van der Waals surface area contributed by atoms with E-state index in [1.165, 1.54) is 12.0 Å². The number of rotatable bonds is 6. The van der Waals surface area contributed by atoms with Gasteiger partial charge in [-0.25, -0.2) is 4.98 Å². The second kappa shape index (κ2) is 9.30. The fourth-order valence-corrected chi connectivity index (χ4v) is 3.65. The summed E-state index contributed by atoms with van der Waals surface area (Å²) in [6.45, 7) is 1.55. The minimum absolute atomic E-state index is 0.191. The monoisotopic (exact) mass is 464 g/mol. The Balaban J connectivity index is 1.61. The van der Waals surface area contributed by atoms with E-state index in [1.807, 2.05) is 30.3 Å². The second-order valence-corrected chi connectivity index (χ2v) is 7.86. The molecule has 0 saturated carbocycles. The summed E-state index contributed by atoms with van der Waals surface area (Å²) in [5.74, 6) is -0.300. The van der Waals surface area contributed by atoms with Gasteiger partial charge in [0, 0.05) is 17.6 Å². The third-order valence-corrected chi connectivity index (χ3v) is 5.32. The van der Waals surface area contributed by atoms with Crippen LogP contribution in [0.25, 0.3) is 22.4 Å². The highest BCUT2D eigenvalue weighted by molar-refractivity contribution is 6.31. The molecule has 0 atom stereocenters. The number of likely N-dealkylation sites (N-methyl/N-ethyl adjacent to an activating group) is 1. The van der Waals surface area contributed by atoms with Crippen molar-refractivity contribution in [1.82, 2.24) is 15.0 Å². The molecule has 4 aromatic rings. The van der Waals surface area contributed by atoms with Crippen molar-refractivity contribution in [3.63, 3.8) is 0 Å². The number of carbonyl (C=O) groups excluding carboxylic acids is 2. The smallest absolute Gasteiger partial charge is 0.259 e. The van der Waals surface area contributed by atoms with Gasteiger partial charge in [0.1, 0.15) is 5.75 Å². The van der Waals surface area contributed by atoms with Gasteiger partial charge >= 0.3 is 0 Å². The summed E-state index contributed by atoms with van der Waals surface area (Å²) in [5, 5.41) is 7.67. The molecule has 0 fully saturated rings. The summed E-state index contributed by atoms with van der Waals surface area (Å²) in [6.07, 6.45) is 0. The van der Waals surface area contributed by atoms with Gasteiger partial charge in [0.2, 0.25) is 5.91 Å². The lowest BCUT2D eigenvalue weighted by molar-refractivity contribution is -0.116. The molecule has 0 aliphatic carbocycles. The molecule has 2 aromatic heterocycles. The van der Waals surface area contributed by atoms with Crippen LogP contribution in [0.4, 0.5) is 5.69 Å². The summed E-state index contributed by atoms with van der Waals surface area (Å²) in [4.78, 5) is 31.8. The van der Waals surface area contributed by atoms with Crippen LogP contribution in [-0.4, -0.2) is 47.6 Å². The zero-order valence-electron chi connectivity index (χ0n) is 18.3. The number of hydrogen-bond donors (Lipinski definition) is 1. The average Bonchev–Trinajstić information content (AvgIpc) is 3.19. The molecule has 8 nitrogen and oxygen atoms in total. The van der Waals surface area contributed by atoms with Crippen LogP contribution in [0.2, 0.25) is 5.02 Å². The minimum Gasteiger partial charge on any atom is -0.495 e. The molecule has 4 rings (SSSR count). The predicted octanol–water partition coefficient (Wildman–Crippen LogP) is 4.57. The standard InChI is InChI=1S/C24H21ClN4O4/c1-14-22-17(12-18(27-23(22)33-28-14)15-7-5-4-6-8-15)24(31)29(2)13-21(30)26-19-11-16(25)9-10-20(19)32-3/h4-12H,13H2,1-3H3,(H,26,30). The maximum atomic E-state index is 13.4. The topological polar surface area (TPSA) is 97.6 Å². The summed E-state index contributed by atoms with van der Waals surface area (Å²) >= 11 is 6.03. The van der Waals surface area contributed by atoms with E-state index in [0.717, 1.165) is 5.56 Å². The molecule has 1 N–H and O–H groups in total. The quantitative estimate of drug-likeness (QED) is 0.449. The van der Waals surface area contributed by atoms with Crippen molar-refractivity contribution in [3.8, 4) is 17.0 Å². The number of anilines is 1. The van der Waals surface area contributed by atoms with E-state index >= 15 is 0 Å². The lowest BCUT2D eigenvalue weighted by Crippen LogP contribution is -2.35. The lowest BCUT2D eigenvalue weighted by atomic mass is 10.0. The maximum absolute atomic E-state index is 13.4. The number of aromatic nitrogens is 2. The molecular weight excluding hydrogens is 444 g/mol. The molecule has 168 valence electrons. The molecule has 33 heavy (non-hydrogen) atoms. The number of benzene rings is 2. The molecule has 0 aliphatic heterocycles. The van der Waals surface area contributed by atoms with Crippen LogP contribution in [0.15, 0.2) is 59.1 Å². The summed E-state index contributed by atoms with van der Waals surface area (Å²) in [5.41, 5.74) is 2.98. The van der Waals surface area contributed by atoms with E-state index in [-0.39, 0.29) is 18.2 Å². The molecule has 0 spiro atoms. The van der Waals surface area contributed by atoms with Crippen LogP contribution in [-0.2, 0) is 4.79 Å². The van der Waals surface area contributed by atoms with Crippen molar-refractivity contribution in [1.29, 1.82) is 0 Å². The Hall–Kier alpha value is -3.91. The Kier molecular flexibility index (Phi) is 6.28. The third kappa shape index (κ3) is 4.65. The number of pyridine rings is 1. The van der Waals surface area contributed by atoms with Crippen molar-refractivity contribution in [2.24, 2.45) is 0 Å². The largest absolute Gasteiger partial charge is 0.495 e. The van der Waals surface area contributed by atoms with Gasteiger partial charge < -0.3 is 19.5 Å². The van der Waals surface area contributed by atoms with Gasteiger partial charge in [0.05, 0.1) is 41.7 Å². The van der Waals surface area contributed by atoms with E-state index in [4.69, 9.17) is 20.9 Å². The number of aryl methyl sites for hydroxylation is 1. The molecule has 0 bridgehead atoms. The number of hydrogen-bond acceptors (Lipinski definition) is 6. The van der Waals surface area contributed by atoms with Crippen LogP contribution in [0.1, 0.15) is 16.1 Å². The van der Waals surface area contributed by atoms with Gasteiger partial charge in [-0.2, -0.15) is 0 Å². The first-order valence-electron chi connectivity index (χ1n) is 10.1. The molecule has 9 heteroatoms. The number of ether oxygens (including phenoxy) is 1. The normalized spacial score (nSPS) is 10.8. The highest BCUT2D eigenvalue weighted by Gasteiger charge is 2.23. The van der Waals surface area contributed by atoms with Crippen LogP contribution in [0, 0.1) is 6.92 Å². The number of fused-ring (bicyclic) bond motifs is 1. The zero-order chi connectivity index (χ0) is 23.5. The fraction of sp³-hybridized carbons (Fsp3) is 0.167. The van der Waals surface area contributed by atoms with E-state index in [2.05, 4.69) is 15.5 Å². The molecule has 0 radical (unpaired) electrons. The van der Waals surface area contributed by atoms with E-state index in [9.17, 15) is 9.59 Å². The molecule has 0 aliphatic rings. The van der Waals surface area contributed by atoms with Gasteiger partial charge in [0.25, 0.3) is 11.6 Å². The first-order chi connectivity index (χ1) is 15.9. The van der Waals surface area contributed by atoms with Crippen molar-refractivity contribution < 1.29 is 18.8 Å². The van der Waals surface area contributed by atoms with Crippen LogP contribution in [0.3, 0.4) is 0 Å². The van der Waals surface area contributed by atoms with Crippen molar-refractivity contribution in [3.05, 3.63) is 70.9 Å². The van der Waals surface area contributed by atoms with Crippen molar-refractivity contribution in [2.45, 2.75) is 6.92 Å². The summed E-state index contributed by atoms with van der Waals surface area (Å²) in [6, 6.07) is 16.0. The van der Waals surface area contributed by atoms with Crippen molar-refractivity contribution >= 4 is 40.2 Å².